The zero-order valence-electron chi connectivity index (χ0n) is 40.5. The molecule has 1 N–H and O–H groups in total. The topological polar surface area (TPSA) is 160 Å². The van der Waals surface area contributed by atoms with Crippen LogP contribution in [0.5, 0.6) is 34.5 Å². The van der Waals surface area contributed by atoms with E-state index in [9.17, 15) is 9.59 Å². The van der Waals surface area contributed by atoms with E-state index in [4.69, 9.17) is 52.6 Å². The van der Waals surface area contributed by atoms with Gasteiger partial charge in [-0.15, -0.1) is 0 Å². The fourth-order valence-corrected chi connectivity index (χ4v) is 8.84. The number of hydrogen-bond acceptors (Lipinski definition) is 14. The summed E-state index contributed by atoms with van der Waals surface area (Å²) >= 11 is 0. The maximum atomic E-state index is 14.1. The van der Waals surface area contributed by atoms with Crippen molar-refractivity contribution < 1.29 is 52.2 Å². The molecule has 16 heteroatoms. The van der Waals surface area contributed by atoms with Crippen LogP contribution in [0.25, 0.3) is 11.1 Å². The van der Waals surface area contributed by atoms with Gasteiger partial charge in [0.1, 0.15) is 24.7 Å². The fraction of sp³-hybridized carbons (Fsp3) is 0.309. The van der Waals surface area contributed by atoms with E-state index in [0.717, 1.165) is 50.6 Å². The van der Waals surface area contributed by atoms with E-state index in [-0.39, 0.29) is 37.1 Å². The molecule has 1 unspecified atom stereocenters. The summed E-state index contributed by atoms with van der Waals surface area (Å²) in [6.07, 6.45) is 8.68. The lowest BCUT2D eigenvalue weighted by atomic mass is 10.0. The van der Waals surface area contributed by atoms with Crippen LogP contribution < -0.4 is 33.7 Å². The highest BCUT2D eigenvalue weighted by molar-refractivity contribution is 6.06. The summed E-state index contributed by atoms with van der Waals surface area (Å²) in [4.78, 5) is 41.1. The molecule has 0 fully saturated rings. The Morgan fingerprint density at radius 1 is 0.535 bits per heavy atom. The molecule has 2 amide bonds. The number of rotatable bonds is 22. The van der Waals surface area contributed by atoms with Gasteiger partial charge in [-0.05, 0) is 88.0 Å². The van der Waals surface area contributed by atoms with E-state index < -0.39 is 0 Å². The molecule has 368 valence electrons. The van der Waals surface area contributed by atoms with Gasteiger partial charge >= 0.3 is 0 Å². The second kappa shape index (κ2) is 22.4. The number of hydrogen-bond donors (Lipinski definition) is 1. The zero-order valence-corrected chi connectivity index (χ0v) is 40.5. The van der Waals surface area contributed by atoms with E-state index in [0.29, 0.717) is 97.9 Å². The number of aliphatic imine (C=N–C) groups is 2. The number of nitrogens with zero attached hydrogens (tertiary/aromatic N) is 4. The lowest BCUT2D eigenvalue weighted by Gasteiger charge is -2.19. The molecule has 0 aromatic heterocycles. The Labute approximate surface area is 413 Å². The molecule has 16 nitrogen and oxygen atoms in total. The van der Waals surface area contributed by atoms with Crippen molar-refractivity contribution in [2.24, 2.45) is 9.98 Å². The molecule has 0 radical (unpaired) electrons. The van der Waals surface area contributed by atoms with Gasteiger partial charge in [-0.2, -0.15) is 0 Å². The third-order valence-corrected chi connectivity index (χ3v) is 12.6. The van der Waals surface area contributed by atoms with Gasteiger partial charge in [-0.3, -0.25) is 19.6 Å². The summed E-state index contributed by atoms with van der Waals surface area (Å²) in [6.45, 7) is 3.25. The normalized spacial score (nSPS) is 16.5. The van der Waals surface area contributed by atoms with Crippen LogP contribution in [0, 0.1) is 0 Å². The molecule has 0 saturated heterocycles. The number of amides is 2. The van der Waals surface area contributed by atoms with Gasteiger partial charge < -0.3 is 57.7 Å². The van der Waals surface area contributed by atoms with Crippen LogP contribution in [0.2, 0.25) is 0 Å². The predicted molar refractivity (Wildman–Crippen MR) is 270 cm³/mol. The first-order chi connectivity index (χ1) is 34.7. The van der Waals surface area contributed by atoms with Gasteiger partial charge in [0.2, 0.25) is 0 Å². The zero-order chi connectivity index (χ0) is 49.3. The Balaban J connectivity index is 0.912. The van der Waals surface area contributed by atoms with Crippen molar-refractivity contribution >= 4 is 52.5 Å². The Morgan fingerprint density at radius 3 is 1.45 bits per heavy atom. The minimum atomic E-state index is -0.242. The molecule has 4 aliphatic heterocycles. The quantitative estimate of drug-likeness (QED) is 0.0658. The molecule has 9 rings (SSSR count). The molecular weight excluding hydrogens is 907 g/mol. The molecule has 5 aromatic carbocycles. The van der Waals surface area contributed by atoms with Crippen molar-refractivity contribution in [3.63, 3.8) is 0 Å². The van der Waals surface area contributed by atoms with Gasteiger partial charge in [0.15, 0.2) is 23.0 Å². The highest BCUT2D eigenvalue weighted by Crippen LogP contribution is 2.42. The van der Waals surface area contributed by atoms with Gasteiger partial charge in [0.05, 0.1) is 96.1 Å². The van der Waals surface area contributed by atoms with Crippen molar-refractivity contribution in [2.75, 3.05) is 80.4 Å². The second-order valence-electron chi connectivity index (χ2n) is 17.1. The van der Waals surface area contributed by atoms with E-state index in [1.807, 2.05) is 91.6 Å². The van der Waals surface area contributed by atoms with Crippen LogP contribution in [0.15, 0.2) is 113 Å². The van der Waals surface area contributed by atoms with Crippen LogP contribution in [0.1, 0.15) is 55.8 Å². The number of benzene rings is 5. The number of carbonyl (C=O) groups is 2. The molecule has 0 saturated carbocycles. The van der Waals surface area contributed by atoms with Crippen molar-refractivity contribution in [3.8, 4) is 34.5 Å². The summed E-state index contributed by atoms with van der Waals surface area (Å²) in [5, 5.41) is 3.47. The smallest absolute Gasteiger partial charge is 0.260 e. The first-order valence-electron chi connectivity index (χ1n) is 23.4. The number of anilines is 1. The molecular formula is C55H57N5O11. The van der Waals surface area contributed by atoms with Gasteiger partial charge in [0.25, 0.3) is 11.8 Å². The van der Waals surface area contributed by atoms with Crippen molar-refractivity contribution in [1.29, 1.82) is 0 Å². The Bertz CT molecular complexity index is 2680. The molecule has 0 spiro atoms. The number of nitrogens with one attached hydrogen (secondary N) is 1. The molecule has 4 aliphatic rings. The minimum Gasteiger partial charge on any atom is -0.497 e. The summed E-state index contributed by atoms with van der Waals surface area (Å²) in [5.74, 6) is 2.84. The third kappa shape index (κ3) is 11.0. The van der Waals surface area contributed by atoms with E-state index >= 15 is 0 Å². The summed E-state index contributed by atoms with van der Waals surface area (Å²) < 4.78 is 51.5. The Morgan fingerprint density at radius 2 is 1.00 bits per heavy atom. The largest absolute Gasteiger partial charge is 0.497 e. The van der Waals surface area contributed by atoms with Crippen molar-refractivity contribution in [1.82, 2.24) is 9.80 Å². The summed E-state index contributed by atoms with van der Waals surface area (Å²) in [7, 11) is 8.00. The van der Waals surface area contributed by atoms with E-state index in [1.165, 1.54) is 0 Å². The minimum absolute atomic E-state index is 0.151. The SMILES string of the molecule is COCCOCCOCCNc1cc(COc2cc3c(cc2OC)C(=O)N2C=C(c4ccc(OC)cc4)CC2C=N3)cc(COc2cc3c(cc2OC)C(=O)N2C=C(c4ccc(OC)cc4)C[C@H]2C=N3)c1. The standard InChI is InChI=1S/C55H57N5O11/c1-63-16-17-69-19-18-68-15-14-56-41-21-35(33-70-52-27-48-46(25-50(52)66-4)54(61)59-31-39(23-42(59)29-57-48)37-6-10-44(64-2)11-7-37)20-36(22-41)34-71-53-28-49-47(26-51(53)67-5)55(62)60-32-40(24-43(60)30-58-49)38-8-12-45(65-3)13-9-38/h6-13,20-22,25-32,42-43,56H,14-19,23-24,33-34H2,1-5H3/t42-,43?/m0/s1. The maximum Gasteiger partial charge on any atom is 0.260 e. The third-order valence-electron chi connectivity index (χ3n) is 12.6. The predicted octanol–water partition coefficient (Wildman–Crippen LogP) is 8.91. The lowest BCUT2D eigenvalue weighted by Crippen LogP contribution is -2.32. The fourth-order valence-electron chi connectivity index (χ4n) is 8.84. The molecule has 5 aromatic rings. The van der Waals surface area contributed by atoms with Crippen LogP contribution in [-0.4, -0.2) is 121 Å². The van der Waals surface area contributed by atoms with Gasteiger partial charge in [-0.1, -0.05) is 24.3 Å². The van der Waals surface area contributed by atoms with E-state index in [1.54, 1.807) is 69.6 Å². The summed E-state index contributed by atoms with van der Waals surface area (Å²) in [5.41, 5.74) is 8.40. The first kappa shape index (κ1) is 48.4. The Hall–Kier alpha value is -7.66. The van der Waals surface area contributed by atoms with Gasteiger partial charge in [-0.25, -0.2) is 0 Å². The number of fused-ring (bicyclic) bond motifs is 4. The van der Waals surface area contributed by atoms with Crippen LogP contribution >= 0.6 is 0 Å². The first-order valence-corrected chi connectivity index (χ1v) is 23.4. The molecule has 2 atom stereocenters. The van der Waals surface area contributed by atoms with Gasteiger partial charge in [0, 0.05) is 69.1 Å². The van der Waals surface area contributed by atoms with Crippen LogP contribution in [0.3, 0.4) is 0 Å². The second-order valence-corrected chi connectivity index (χ2v) is 17.1. The Kier molecular flexibility index (Phi) is 15.3. The monoisotopic (exact) mass is 963 g/mol. The maximum absolute atomic E-state index is 14.1. The highest BCUT2D eigenvalue weighted by atomic mass is 16.5. The van der Waals surface area contributed by atoms with E-state index in [2.05, 4.69) is 5.32 Å². The van der Waals surface area contributed by atoms with Crippen molar-refractivity contribution in [3.05, 3.63) is 137 Å². The number of carbonyl (C=O) groups excluding carboxylic acids is 2. The average molecular weight is 964 g/mol. The van der Waals surface area contributed by atoms with Crippen LogP contribution in [0.4, 0.5) is 17.1 Å². The lowest BCUT2D eigenvalue weighted by molar-refractivity contribution is 0.0272. The number of methoxy groups -OCH3 is 5. The number of ether oxygens (including phenoxy) is 9. The average Bonchev–Trinajstić information content (AvgIpc) is 3.99. The van der Waals surface area contributed by atoms with Crippen molar-refractivity contribution in [2.45, 2.75) is 38.1 Å². The molecule has 4 heterocycles. The molecule has 0 aliphatic carbocycles. The van der Waals surface area contributed by atoms with Crippen LogP contribution in [-0.2, 0) is 27.4 Å². The molecule has 0 bridgehead atoms. The highest BCUT2D eigenvalue weighted by Gasteiger charge is 2.35. The molecule has 71 heavy (non-hydrogen) atoms. The summed E-state index contributed by atoms with van der Waals surface area (Å²) in [6, 6.07) is 28.0.